The molecule has 1 N–H and O–H groups in total. The highest BCUT2D eigenvalue weighted by molar-refractivity contribution is 5.85. The van der Waals surface area contributed by atoms with E-state index in [1.807, 2.05) is 0 Å². The van der Waals surface area contributed by atoms with Crippen molar-refractivity contribution in [2.75, 3.05) is 26.4 Å². The first-order valence-electron chi connectivity index (χ1n) is 6.57. The van der Waals surface area contributed by atoms with E-state index in [2.05, 4.69) is 0 Å². The molecule has 1 fully saturated rings. The van der Waals surface area contributed by atoms with Crippen LogP contribution in [0.3, 0.4) is 0 Å². The molecule has 0 bridgehead atoms. The molecule has 1 unspecified atom stereocenters. The molecule has 1 aliphatic heterocycles. The maximum absolute atomic E-state index is 10.4. The zero-order chi connectivity index (χ0) is 14.2. The second-order valence-electron chi connectivity index (χ2n) is 4.45. The molecule has 5 nitrogen and oxygen atoms in total. The van der Waals surface area contributed by atoms with Gasteiger partial charge in [0.2, 0.25) is 0 Å². The third kappa shape index (κ3) is 5.03. The Hall–Kier alpha value is -1.85. The van der Waals surface area contributed by atoms with Gasteiger partial charge < -0.3 is 19.3 Å². The molecule has 5 heteroatoms. The Labute approximate surface area is 117 Å². The van der Waals surface area contributed by atoms with Gasteiger partial charge in [-0.15, -0.1) is 0 Å². The minimum absolute atomic E-state index is 0.196. The van der Waals surface area contributed by atoms with Crippen molar-refractivity contribution in [3.8, 4) is 5.75 Å². The number of hydrogen-bond acceptors (Lipinski definition) is 4. The molecule has 1 aromatic rings. The fourth-order valence-electron chi connectivity index (χ4n) is 1.86. The van der Waals surface area contributed by atoms with Crippen molar-refractivity contribution in [2.45, 2.75) is 12.5 Å². The van der Waals surface area contributed by atoms with Crippen molar-refractivity contribution in [2.24, 2.45) is 0 Å². The molecular weight excluding hydrogens is 260 g/mol. The summed E-state index contributed by atoms with van der Waals surface area (Å²) in [7, 11) is 0. The van der Waals surface area contributed by atoms with Crippen LogP contribution in [0.25, 0.3) is 6.08 Å². The molecule has 1 aromatic carbocycles. The summed E-state index contributed by atoms with van der Waals surface area (Å²) < 4.78 is 16.3. The maximum Gasteiger partial charge on any atom is 0.328 e. The lowest BCUT2D eigenvalue weighted by molar-refractivity contribution is -0.131. The molecule has 0 aliphatic carbocycles. The van der Waals surface area contributed by atoms with Gasteiger partial charge in [-0.05, 0) is 30.2 Å². The molecule has 0 amide bonds. The van der Waals surface area contributed by atoms with Crippen LogP contribution in [0.4, 0.5) is 0 Å². The van der Waals surface area contributed by atoms with Crippen molar-refractivity contribution in [1.82, 2.24) is 0 Å². The smallest absolute Gasteiger partial charge is 0.328 e. The summed E-state index contributed by atoms with van der Waals surface area (Å²) in [4.78, 5) is 10.4. The fraction of sp³-hybridized carbons (Fsp3) is 0.400. The number of aliphatic carboxylic acids is 1. The molecule has 20 heavy (non-hydrogen) atoms. The molecule has 1 saturated heterocycles. The summed E-state index contributed by atoms with van der Waals surface area (Å²) in [5, 5.41) is 8.53. The van der Waals surface area contributed by atoms with Crippen LogP contribution in [0, 0.1) is 0 Å². The van der Waals surface area contributed by atoms with E-state index in [0.717, 1.165) is 30.4 Å². The Kier molecular flexibility index (Phi) is 5.58. The highest BCUT2D eigenvalue weighted by atomic mass is 16.6. The third-order valence-electron chi connectivity index (χ3n) is 2.89. The van der Waals surface area contributed by atoms with Crippen LogP contribution < -0.4 is 4.74 Å². The Balaban J connectivity index is 1.69. The predicted octanol–water partition coefficient (Wildman–Crippen LogP) is 1.97. The summed E-state index contributed by atoms with van der Waals surface area (Å²) in [6.07, 6.45) is 3.79. The monoisotopic (exact) mass is 278 g/mol. The van der Waals surface area contributed by atoms with Crippen molar-refractivity contribution >= 4 is 12.0 Å². The quantitative estimate of drug-likeness (QED) is 0.610. The maximum atomic E-state index is 10.4. The van der Waals surface area contributed by atoms with E-state index in [1.54, 1.807) is 24.3 Å². The lowest BCUT2D eigenvalue weighted by Gasteiger charge is -2.10. The predicted molar refractivity (Wildman–Crippen MR) is 73.8 cm³/mol. The molecular formula is C15H18O5. The van der Waals surface area contributed by atoms with Crippen LogP contribution in [-0.4, -0.2) is 43.6 Å². The van der Waals surface area contributed by atoms with Crippen LogP contribution in [0.1, 0.15) is 12.0 Å². The van der Waals surface area contributed by atoms with E-state index in [-0.39, 0.29) is 6.10 Å². The Morgan fingerprint density at radius 1 is 1.35 bits per heavy atom. The minimum Gasteiger partial charge on any atom is -0.491 e. The number of hydrogen-bond donors (Lipinski definition) is 1. The van der Waals surface area contributed by atoms with E-state index in [9.17, 15) is 4.79 Å². The van der Waals surface area contributed by atoms with E-state index in [1.165, 1.54) is 6.08 Å². The van der Waals surface area contributed by atoms with Crippen molar-refractivity contribution in [3.05, 3.63) is 35.9 Å². The van der Waals surface area contributed by atoms with Crippen LogP contribution >= 0.6 is 0 Å². The summed E-state index contributed by atoms with van der Waals surface area (Å²) >= 11 is 0. The normalized spacial score (nSPS) is 18.5. The summed E-state index contributed by atoms with van der Waals surface area (Å²) in [5.41, 5.74) is 0.819. The minimum atomic E-state index is -0.960. The van der Waals surface area contributed by atoms with Gasteiger partial charge >= 0.3 is 5.97 Å². The largest absolute Gasteiger partial charge is 0.491 e. The number of carboxylic acid groups (broad SMARTS) is 1. The zero-order valence-electron chi connectivity index (χ0n) is 11.2. The zero-order valence-corrected chi connectivity index (χ0v) is 11.2. The number of ether oxygens (including phenoxy) is 3. The third-order valence-corrected chi connectivity index (χ3v) is 2.89. The number of rotatable bonds is 7. The summed E-state index contributed by atoms with van der Waals surface area (Å²) in [5.74, 6) is -0.220. The van der Waals surface area contributed by atoms with Gasteiger partial charge in [-0.25, -0.2) is 4.79 Å². The van der Waals surface area contributed by atoms with E-state index in [0.29, 0.717) is 19.8 Å². The standard InChI is InChI=1S/C15H18O5/c16-15(17)6-3-12-1-4-13(5-2-12)19-9-10-20-14-7-8-18-11-14/h1-6,14H,7-11H2,(H,16,17). The molecule has 1 heterocycles. The van der Waals surface area contributed by atoms with E-state index < -0.39 is 5.97 Å². The first kappa shape index (κ1) is 14.6. The van der Waals surface area contributed by atoms with Gasteiger partial charge in [0.05, 0.1) is 19.3 Å². The molecule has 1 aliphatic rings. The van der Waals surface area contributed by atoms with Crippen LogP contribution in [-0.2, 0) is 14.3 Å². The number of carboxylic acids is 1. The van der Waals surface area contributed by atoms with Gasteiger partial charge in [0.25, 0.3) is 0 Å². The van der Waals surface area contributed by atoms with Crippen LogP contribution in [0.2, 0.25) is 0 Å². The fourth-order valence-corrected chi connectivity index (χ4v) is 1.86. The van der Waals surface area contributed by atoms with Gasteiger partial charge in [-0.2, -0.15) is 0 Å². The van der Waals surface area contributed by atoms with Crippen molar-refractivity contribution in [3.63, 3.8) is 0 Å². The SMILES string of the molecule is O=C(O)C=Cc1ccc(OCCOC2CCOC2)cc1. The van der Waals surface area contributed by atoms with Crippen molar-refractivity contribution in [1.29, 1.82) is 0 Å². The molecule has 108 valence electrons. The Morgan fingerprint density at radius 2 is 2.15 bits per heavy atom. The first-order valence-corrected chi connectivity index (χ1v) is 6.57. The molecule has 0 radical (unpaired) electrons. The average Bonchev–Trinajstić information content (AvgIpc) is 2.96. The van der Waals surface area contributed by atoms with Crippen molar-refractivity contribution < 1.29 is 24.1 Å². The van der Waals surface area contributed by atoms with Gasteiger partial charge in [0.1, 0.15) is 12.4 Å². The van der Waals surface area contributed by atoms with E-state index >= 15 is 0 Å². The van der Waals surface area contributed by atoms with Gasteiger partial charge in [-0.3, -0.25) is 0 Å². The van der Waals surface area contributed by atoms with Crippen LogP contribution in [0.5, 0.6) is 5.75 Å². The summed E-state index contributed by atoms with van der Waals surface area (Å²) in [6.45, 7) is 2.47. The molecule has 2 rings (SSSR count). The number of carbonyl (C=O) groups is 1. The molecule has 0 saturated carbocycles. The summed E-state index contributed by atoms with van der Waals surface area (Å²) in [6, 6.07) is 7.22. The number of benzene rings is 1. The Morgan fingerprint density at radius 3 is 2.80 bits per heavy atom. The molecule has 0 aromatic heterocycles. The Bertz CT molecular complexity index is 446. The van der Waals surface area contributed by atoms with E-state index in [4.69, 9.17) is 19.3 Å². The van der Waals surface area contributed by atoms with Gasteiger partial charge in [-0.1, -0.05) is 12.1 Å². The second-order valence-corrected chi connectivity index (χ2v) is 4.45. The highest BCUT2D eigenvalue weighted by Crippen LogP contribution is 2.13. The first-order chi connectivity index (χ1) is 9.74. The average molecular weight is 278 g/mol. The van der Waals surface area contributed by atoms with Crippen LogP contribution in [0.15, 0.2) is 30.3 Å². The van der Waals surface area contributed by atoms with Gasteiger partial charge in [0.15, 0.2) is 0 Å². The topological polar surface area (TPSA) is 65.0 Å². The van der Waals surface area contributed by atoms with Gasteiger partial charge in [0, 0.05) is 12.7 Å². The molecule has 1 atom stereocenters. The lowest BCUT2D eigenvalue weighted by Crippen LogP contribution is -2.16. The second kappa shape index (κ2) is 7.67. The lowest BCUT2D eigenvalue weighted by atomic mass is 10.2. The highest BCUT2D eigenvalue weighted by Gasteiger charge is 2.15. The molecule has 0 spiro atoms.